The zero-order valence-corrected chi connectivity index (χ0v) is 11.2. The third-order valence-corrected chi connectivity index (χ3v) is 3.22. The molecular formula is C13H22N4O. The quantitative estimate of drug-likeness (QED) is 0.851. The standard InChI is InChI=1S/C13H22N4O/c1-3-18-12-4-6-17(7-5-12)13-10-15-11(8-14-2)9-16-13/h9-10,12,14H,3-8H2,1-2H3. The number of nitrogens with zero attached hydrogens (tertiary/aromatic N) is 3. The molecule has 0 bridgehead atoms. The van der Waals surface area contributed by atoms with Gasteiger partial charge in [0.1, 0.15) is 5.82 Å². The summed E-state index contributed by atoms with van der Waals surface area (Å²) in [5, 5.41) is 3.07. The SMILES string of the molecule is CCOC1CCN(c2cnc(CNC)cn2)CC1. The van der Waals surface area contributed by atoms with Gasteiger partial charge in [0.15, 0.2) is 0 Å². The molecule has 0 radical (unpaired) electrons. The van der Waals surface area contributed by atoms with Crippen LogP contribution in [0.1, 0.15) is 25.5 Å². The molecule has 0 aliphatic carbocycles. The van der Waals surface area contributed by atoms with Crippen molar-refractivity contribution < 1.29 is 4.74 Å². The van der Waals surface area contributed by atoms with Crippen molar-refractivity contribution in [3.8, 4) is 0 Å². The molecular weight excluding hydrogens is 228 g/mol. The summed E-state index contributed by atoms with van der Waals surface area (Å²) in [7, 11) is 1.91. The molecule has 1 aliphatic rings. The number of hydrogen-bond acceptors (Lipinski definition) is 5. The monoisotopic (exact) mass is 250 g/mol. The van der Waals surface area contributed by atoms with E-state index < -0.39 is 0 Å². The highest BCUT2D eigenvalue weighted by atomic mass is 16.5. The number of ether oxygens (including phenoxy) is 1. The maximum atomic E-state index is 5.65. The summed E-state index contributed by atoms with van der Waals surface area (Å²) in [6.45, 7) is 5.64. The predicted molar refractivity (Wildman–Crippen MR) is 71.7 cm³/mol. The maximum Gasteiger partial charge on any atom is 0.147 e. The van der Waals surface area contributed by atoms with Crippen molar-refractivity contribution >= 4 is 5.82 Å². The number of hydrogen-bond donors (Lipinski definition) is 1. The van der Waals surface area contributed by atoms with E-state index in [1.54, 1.807) is 0 Å². The Balaban J connectivity index is 1.89. The van der Waals surface area contributed by atoms with E-state index in [4.69, 9.17) is 4.74 Å². The lowest BCUT2D eigenvalue weighted by atomic mass is 10.1. The second kappa shape index (κ2) is 6.66. The van der Waals surface area contributed by atoms with E-state index in [-0.39, 0.29) is 0 Å². The van der Waals surface area contributed by atoms with Gasteiger partial charge in [0.2, 0.25) is 0 Å². The van der Waals surface area contributed by atoms with Crippen LogP contribution < -0.4 is 10.2 Å². The molecule has 1 aliphatic heterocycles. The van der Waals surface area contributed by atoms with Gasteiger partial charge in [-0.15, -0.1) is 0 Å². The molecule has 1 aromatic rings. The minimum atomic E-state index is 0.419. The highest BCUT2D eigenvalue weighted by molar-refractivity contribution is 5.36. The smallest absolute Gasteiger partial charge is 0.147 e. The molecule has 1 aromatic heterocycles. The van der Waals surface area contributed by atoms with Gasteiger partial charge in [-0.2, -0.15) is 0 Å². The van der Waals surface area contributed by atoms with Gasteiger partial charge in [-0.1, -0.05) is 0 Å². The Morgan fingerprint density at radius 1 is 1.33 bits per heavy atom. The number of aromatic nitrogens is 2. The number of anilines is 1. The minimum Gasteiger partial charge on any atom is -0.378 e. The Labute approximate surface area is 109 Å². The third kappa shape index (κ3) is 3.40. The van der Waals surface area contributed by atoms with Gasteiger partial charge >= 0.3 is 0 Å². The number of rotatable bonds is 5. The van der Waals surface area contributed by atoms with E-state index in [9.17, 15) is 0 Å². The molecule has 0 aromatic carbocycles. The van der Waals surface area contributed by atoms with Crippen molar-refractivity contribution in [2.24, 2.45) is 0 Å². The summed E-state index contributed by atoms with van der Waals surface area (Å²) in [4.78, 5) is 11.2. The Morgan fingerprint density at radius 2 is 2.11 bits per heavy atom. The summed E-state index contributed by atoms with van der Waals surface area (Å²) >= 11 is 0. The number of nitrogens with one attached hydrogen (secondary N) is 1. The molecule has 0 unspecified atom stereocenters. The van der Waals surface area contributed by atoms with Crippen LogP contribution in [0.3, 0.4) is 0 Å². The van der Waals surface area contributed by atoms with Crippen LogP contribution in [0.4, 0.5) is 5.82 Å². The zero-order valence-electron chi connectivity index (χ0n) is 11.2. The molecule has 100 valence electrons. The molecule has 0 spiro atoms. The van der Waals surface area contributed by atoms with Crippen LogP contribution in [0.2, 0.25) is 0 Å². The molecule has 2 heterocycles. The van der Waals surface area contributed by atoms with Crippen LogP contribution in [0.5, 0.6) is 0 Å². The molecule has 18 heavy (non-hydrogen) atoms. The molecule has 5 nitrogen and oxygen atoms in total. The van der Waals surface area contributed by atoms with Gasteiger partial charge in [-0.25, -0.2) is 4.98 Å². The van der Waals surface area contributed by atoms with Crippen molar-refractivity contribution in [3.63, 3.8) is 0 Å². The summed E-state index contributed by atoms with van der Waals surface area (Å²) < 4.78 is 5.65. The summed E-state index contributed by atoms with van der Waals surface area (Å²) in [6, 6.07) is 0. The highest BCUT2D eigenvalue weighted by Gasteiger charge is 2.20. The predicted octanol–water partition coefficient (Wildman–Crippen LogP) is 1.20. The van der Waals surface area contributed by atoms with Crippen LogP contribution in [0.15, 0.2) is 12.4 Å². The van der Waals surface area contributed by atoms with Crippen LogP contribution in [-0.2, 0) is 11.3 Å². The molecule has 1 fully saturated rings. The molecule has 0 amide bonds. The topological polar surface area (TPSA) is 50.3 Å². The number of piperidine rings is 1. The van der Waals surface area contributed by atoms with Crippen LogP contribution in [-0.4, -0.2) is 42.8 Å². The summed E-state index contributed by atoms with van der Waals surface area (Å²) in [6.07, 6.45) is 6.29. The second-order valence-corrected chi connectivity index (χ2v) is 4.54. The Bertz CT molecular complexity index is 347. The molecule has 0 atom stereocenters. The van der Waals surface area contributed by atoms with Gasteiger partial charge < -0.3 is 15.0 Å². The fraction of sp³-hybridized carbons (Fsp3) is 0.692. The fourth-order valence-electron chi connectivity index (χ4n) is 2.27. The first-order valence-corrected chi connectivity index (χ1v) is 6.65. The Hall–Kier alpha value is -1.20. The lowest BCUT2D eigenvalue weighted by Crippen LogP contribution is -2.37. The van der Waals surface area contributed by atoms with Crippen molar-refractivity contribution in [2.45, 2.75) is 32.4 Å². The van der Waals surface area contributed by atoms with Gasteiger partial charge in [0.05, 0.1) is 24.2 Å². The van der Waals surface area contributed by atoms with Gasteiger partial charge in [-0.3, -0.25) is 4.98 Å². The summed E-state index contributed by atoms with van der Waals surface area (Å²) in [5.41, 5.74) is 0.977. The molecule has 5 heteroatoms. The average molecular weight is 250 g/mol. The van der Waals surface area contributed by atoms with E-state index >= 15 is 0 Å². The first-order chi connectivity index (χ1) is 8.83. The van der Waals surface area contributed by atoms with Crippen LogP contribution >= 0.6 is 0 Å². The largest absolute Gasteiger partial charge is 0.378 e. The minimum absolute atomic E-state index is 0.419. The van der Waals surface area contributed by atoms with Crippen LogP contribution in [0.25, 0.3) is 0 Å². The first kappa shape index (κ1) is 13.2. The van der Waals surface area contributed by atoms with Crippen molar-refractivity contribution in [2.75, 3.05) is 31.6 Å². The van der Waals surface area contributed by atoms with Gasteiger partial charge in [0, 0.05) is 26.2 Å². The van der Waals surface area contributed by atoms with Gasteiger partial charge in [0.25, 0.3) is 0 Å². The average Bonchev–Trinajstić information content (AvgIpc) is 2.41. The molecule has 1 saturated heterocycles. The van der Waals surface area contributed by atoms with Crippen molar-refractivity contribution in [1.29, 1.82) is 0 Å². The maximum absolute atomic E-state index is 5.65. The molecule has 0 saturated carbocycles. The van der Waals surface area contributed by atoms with E-state index in [1.165, 1.54) is 0 Å². The molecule has 2 rings (SSSR count). The Kier molecular flexibility index (Phi) is 4.90. The summed E-state index contributed by atoms with van der Waals surface area (Å²) in [5.74, 6) is 0.977. The zero-order chi connectivity index (χ0) is 12.8. The van der Waals surface area contributed by atoms with Crippen molar-refractivity contribution in [3.05, 3.63) is 18.1 Å². The van der Waals surface area contributed by atoms with E-state index in [2.05, 4.69) is 27.1 Å². The lowest BCUT2D eigenvalue weighted by Gasteiger charge is -2.32. The van der Waals surface area contributed by atoms with Gasteiger partial charge in [-0.05, 0) is 26.8 Å². The molecule has 1 N–H and O–H groups in total. The van der Waals surface area contributed by atoms with Crippen LogP contribution in [0, 0.1) is 0 Å². The van der Waals surface area contributed by atoms with E-state index in [0.717, 1.165) is 50.6 Å². The van der Waals surface area contributed by atoms with E-state index in [1.807, 2.05) is 19.4 Å². The lowest BCUT2D eigenvalue weighted by molar-refractivity contribution is 0.0458. The first-order valence-electron chi connectivity index (χ1n) is 6.65. The normalized spacial score (nSPS) is 17.1. The Morgan fingerprint density at radius 3 is 2.67 bits per heavy atom. The van der Waals surface area contributed by atoms with E-state index in [0.29, 0.717) is 6.10 Å². The second-order valence-electron chi connectivity index (χ2n) is 4.54. The highest BCUT2D eigenvalue weighted by Crippen LogP contribution is 2.18. The van der Waals surface area contributed by atoms with Crippen molar-refractivity contribution in [1.82, 2.24) is 15.3 Å². The third-order valence-electron chi connectivity index (χ3n) is 3.22. The fourth-order valence-corrected chi connectivity index (χ4v) is 2.27.